The van der Waals surface area contributed by atoms with Crippen LogP contribution < -0.4 is 5.32 Å². The van der Waals surface area contributed by atoms with Gasteiger partial charge in [-0.25, -0.2) is 9.98 Å². The lowest BCUT2D eigenvalue weighted by Crippen LogP contribution is -2.49. The fourth-order valence-electron chi connectivity index (χ4n) is 1.58. The molecular formula is C12H19ClN4. The van der Waals surface area contributed by atoms with Crippen molar-refractivity contribution in [3.05, 3.63) is 25.1 Å². The van der Waals surface area contributed by atoms with Gasteiger partial charge in [-0.1, -0.05) is 31.2 Å². The minimum Gasteiger partial charge on any atom is -0.348 e. The van der Waals surface area contributed by atoms with Crippen molar-refractivity contribution in [3.63, 3.8) is 0 Å². The van der Waals surface area contributed by atoms with E-state index in [2.05, 4.69) is 33.4 Å². The van der Waals surface area contributed by atoms with Crippen molar-refractivity contribution in [2.24, 2.45) is 9.98 Å². The summed E-state index contributed by atoms with van der Waals surface area (Å²) in [6, 6.07) is 0.235. The van der Waals surface area contributed by atoms with Crippen LogP contribution in [0, 0.1) is 0 Å². The lowest BCUT2D eigenvalue weighted by molar-refractivity contribution is 0.244. The van der Waals surface area contributed by atoms with Crippen molar-refractivity contribution in [2.75, 3.05) is 19.6 Å². The SMILES string of the molecule is C=C[C@H]1CNCCN1C(=C)/N=C\N=C(\Cl)CC. The molecule has 1 heterocycles. The summed E-state index contributed by atoms with van der Waals surface area (Å²) in [5, 5.41) is 3.84. The predicted octanol–water partition coefficient (Wildman–Crippen LogP) is 1.99. The minimum absolute atomic E-state index is 0.235. The van der Waals surface area contributed by atoms with E-state index in [1.54, 1.807) is 0 Å². The molecule has 0 amide bonds. The quantitative estimate of drug-likeness (QED) is 0.463. The average Bonchev–Trinajstić information content (AvgIpc) is 2.38. The van der Waals surface area contributed by atoms with Crippen molar-refractivity contribution in [3.8, 4) is 0 Å². The highest BCUT2D eigenvalue weighted by molar-refractivity contribution is 6.65. The summed E-state index contributed by atoms with van der Waals surface area (Å²) in [5.41, 5.74) is 0. The lowest BCUT2D eigenvalue weighted by atomic mass is 10.2. The summed E-state index contributed by atoms with van der Waals surface area (Å²) < 4.78 is 0. The molecule has 5 heteroatoms. The van der Waals surface area contributed by atoms with E-state index < -0.39 is 0 Å². The first-order chi connectivity index (χ1) is 8.19. The minimum atomic E-state index is 0.235. The Kier molecular flexibility index (Phi) is 5.94. The maximum absolute atomic E-state index is 5.78. The van der Waals surface area contributed by atoms with Crippen LogP contribution in [0.25, 0.3) is 0 Å². The zero-order chi connectivity index (χ0) is 12.7. The van der Waals surface area contributed by atoms with Crippen LogP contribution in [0.2, 0.25) is 0 Å². The highest BCUT2D eigenvalue weighted by Crippen LogP contribution is 2.11. The van der Waals surface area contributed by atoms with E-state index in [9.17, 15) is 0 Å². The number of nitrogens with zero attached hydrogens (tertiary/aromatic N) is 3. The van der Waals surface area contributed by atoms with Crippen LogP contribution in [-0.2, 0) is 0 Å². The molecule has 1 saturated heterocycles. The summed E-state index contributed by atoms with van der Waals surface area (Å²) in [6.45, 7) is 12.4. The van der Waals surface area contributed by atoms with Gasteiger partial charge in [0, 0.05) is 19.6 Å². The molecule has 1 rings (SSSR count). The van der Waals surface area contributed by atoms with Gasteiger partial charge in [0.1, 0.15) is 17.3 Å². The van der Waals surface area contributed by atoms with Crippen LogP contribution in [0.3, 0.4) is 0 Å². The first-order valence-electron chi connectivity index (χ1n) is 5.72. The third-order valence-corrected chi connectivity index (χ3v) is 2.95. The number of hydrogen-bond acceptors (Lipinski definition) is 3. The van der Waals surface area contributed by atoms with E-state index in [-0.39, 0.29) is 6.04 Å². The molecule has 94 valence electrons. The maximum atomic E-state index is 5.78. The molecule has 0 radical (unpaired) electrons. The number of aliphatic imine (C=N–C) groups is 2. The van der Waals surface area contributed by atoms with Gasteiger partial charge in [-0.3, -0.25) is 0 Å². The van der Waals surface area contributed by atoms with Crippen LogP contribution in [0.1, 0.15) is 13.3 Å². The molecule has 1 aliphatic heterocycles. The summed E-state index contributed by atoms with van der Waals surface area (Å²) in [5.74, 6) is 0.695. The fraction of sp³-hybridized carbons (Fsp3) is 0.500. The smallest absolute Gasteiger partial charge is 0.123 e. The van der Waals surface area contributed by atoms with Crippen molar-refractivity contribution < 1.29 is 0 Å². The van der Waals surface area contributed by atoms with Crippen molar-refractivity contribution in [1.82, 2.24) is 10.2 Å². The molecule has 0 aliphatic carbocycles. The van der Waals surface area contributed by atoms with E-state index in [1.807, 2.05) is 13.0 Å². The lowest BCUT2D eigenvalue weighted by Gasteiger charge is -2.35. The monoisotopic (exact) mass is 254 g/mol. The Morgan fingerprint density at radius 3 is 3.06 bits per heavy atom. The summed E-state index contributed by atoms with van der Waals surface area (Å²) >= 11 is 5.78. The Bertz CT molecular complexity index is 335. The molecule has 1 aliphatic rings. The fourth-order valence-corrected chi connectivity index (χ4v) is 1.62. The molecule has 1 atom stereocenters. The molecule has 1 N–H and O–H groups in total. The van der Waals surface area contributed by atoms with Gasteiger partial charge in [-0.05, 0) is 6.42 Å². The van der Waals surface area contributed by atoms with Crippen LogP contribution in [-0.4, -0.2) is 42.1 Å². The van der Waals surface area contributed by atoms with Gasteiger partial charge >= 0.3 is 0 Å². The highest BCUT2D eigenvalue weighted by Gasteiger charge is 2.19. The maximum Gasteiger partial charge on any atom is 0.123 e. The molecule has 0 saturated carbocycles. The van der Waals surface area contributed by atoms with Gasteiger partial charge in [0.2, 0.25) is 0 Å². The Labute approximate surface area is 108 Å². The first kappa shape index (κ1) is 13.9. The Balaban J connectivity index is 2.59. The van der Waals surface area contributed by atoms with Crippen LogP contribution in [0.4, 0.5) is 0 Å². The number of nitrogens with one attached hydrogen (secondary N) is 1. The molecule has 0 spiro atoms. The van der Waals surface area contributed by atoms with E-state index >= 15 is 0 Å². The van der Waals surface area contributed by atoms with Crippen molar-refractivity contribution in [2.45, 2.75) is 19.4 Å². The van der Waals surface area contributed by atoms with Gasteiger partial charge in [0.25, 0.3) is 0 Å². The second-order valence-electron chi connectivity index (χ2n) is 3.72. The first-order valence-corrected chi connectivity index (χ1v) is 6.10. The number of hydrogen-bond donors (Lipinski definition) is 1. The Hall–Kier alpha value is -1.13. The van der Waals surface area contributed by atoms with E-state index in [4.69, 9.17) is 11.6 Å². The van der Waals surface area contributed by atoms with E-state index in [0.29, 0.717) is 17.4 Å². The highest BCUT2D eigenvalue weighted by atomic mass is 35.5. The Morgan fingerprint density at radius 1 is 1.65 bits per heavy atom. The summed E-state index contributed by atoms with van der Waals surface area (Å²) in [4.78, 5) is 10.3. The number of piperazine rings is 1. The molecule has 4 nitrogen and oxygen atoms in total. The third kappa shape index (κ3) is 4.32. The second-order valence-corrected chi connectivity index (χ2v) is 4.16. The average molecular weight is 255 g/mol. The van der Waals surface area contributed by atoms with Crippen LogP contribution in [0.5, 0.6) is 0 Å². The molecule has 1 fully saturated rings. The van der Waals surface area contributed by atoms with Crippen molar-refractivity contribution >= 4 is 23.1 Å². The van der Waals surface area contributed by atoms with Crippen LogP contribution >= 0.6 is 11.6 Å². The summed E-state index contributed by atoms with van der Waals surface area (Å²) in [6.07, 6.45) is 4.06. The number of rotatable bonds is 5. The summed E-state index contributed by atoms with van der Waals surface area (Å²) in [7, 11) is 0. The van der Waals surface area contributed by atoms with E-state index in [1.165, 1.54) is 6.34 Å². The van der Waals surface area contributed by atoms with Gasteiger partial charge < -0.3 is 10.2 Å². The zero-order valence-electron chi connectivity index (χ0n) is 10.2. The van der Waals surface area contributed by atoms with Crippen molar-refractivity contribution in [1.29, 1.82) is 0 Å². The second kappa shape index (κ2) is 7.25. The van der Waals surface area contributed by atoms with Gasteiger partial charge in [0.05, 0.1) is 6.04 Å². The van der Waals surface area contributed by atoms with E-state index in [0.717, 1.165) is 19.6 Å². The predicted molar refractivity (Wildman–Crippen MR) is 74.8 cm³/mol. The van der Waals surface area contributed by atoms with Gasteiger partial charge in [0.15, 0.2) is 0 Å². The molecular weight excluding hydrogens is 236 g/mol. The standard InChI is InChI=1S/C12H19ClN4/c1-4-11-8-14-6-7-17(11)10(3)15-9-16-12(13)5-2/h4,9,11,14H,1,3,5-8H2,2H3/b15-9-,16-12+/t11-/m0/s1. The zero-order valence-corrected chi connectivity index (χ0v) is 11.0. The largest absolute Gasteiger partial charge is 0.348 e. The Morgan fingerprint density at radius 2 is 2.41 bits per heavy atom. The molecule has 0 bridgehead atoms. The molecule has 0 aromatic carbocycles. The molecule has 0 aromatic rings. The van der Waals surface area contributed by atoms with Gasteiger partial charge in [-0.15, -0.1) is 6.58 Å². The molecule has 0 aromatic heterocycles. The molecule has 17 heavy (non-hydrogen) atoms. The van der Waals surface area contributed by atoms with Gasteiger partial charge in [-0.2, -0.15) is 0 Å². The van der Waals surface area contributed by atoms with Crippen LogP contribution in [0.15, 0.2) is 35.0 Å². The number of halogens is 1. The normalized spacial score (nSPS) is 21.9. The topological polar surface area (TPSA) is 40.0 Å². The molecule has 0 unspecified atom stereocenters. The third-order valence-electron chi connectivity index (χ3n) is 2.58.